The molecule has 1 aliphatic rings. The van der Waals surface area contributed by atoms with Gasteiger partial charge in [0.05, 0.1) is 17.4 Å². The van der Waals surface area contributed by atoms with E-state index >= 15 is 0 Å². The summed E-state index contributed by atoms with van der Waals surface area (Å²) in [5, 5.41) is 0. The summed E-state index contributed by atoms with van der Waals surface area (Å²) in [7, 11) is 3.31. The van der Waals surface area contributed by atoms with E-state index in [4.69, 9.17) is 15.4 Å². The van der Waals surface area contributed by atoms with E-state index in [9.17, 15) is 13.2 Å². The third-order valence-corrected chi connectivity index (χ3v) is 4.89. The number of hydrogen-bond acceptors (Lipinski definition) is 4. The lowest BCUT2D eigenvalue weighted by Gasteiger charge is -2.29. The van der Waals surface area contributed by atoms with E-state index in [1.165, 1.54) is 12.1 Å². The van der Waals surface area contributed by atoms with Crippen LogP contribution < -0.4 is 4.74 Å². The first-order valence-electron chi connectivity index (χ1n) is 6.81. The van der Waals surface area contributed by atoms with Gasteiger partial charge < -0.3 is 9.64 Å². The van der Waals surface area contributed by atoms with E-state index in [0.29, 0.717) is 30.9 Å². The Balaban J connectivity index is 2.39. The Morgan fingerprint density at radius 3 is 2.81 bits per heavy atom. The molecule has 5 nitrogen and oxygen atoms in total. The monoisotopic (exact) mass is 331 g/mol. The molecule has 7 heteroatoms. The van der Waals surface area contributed by atoms with Crippen molar-refractivity contribution in [3.63, 3.8) is 0 Å². The van der Waals surface area contributed by atoms with Crippen LogP contribution in [0.1, 0.15) is 31.2 Å². The van der Waals surface area contributed by atoms with E-state index in [1.807, 2.05) is 6.92 Å². The van der Waals surface area contributed by atoms with E-state index < -0.39 is 9.05 Å². The van der Waals surface area contributed by atoms with Gasteiger partial charge in [0.2, 0.25) is 5.91 Å². The van der Waals surface area contributed by atoms with E-state index in [-0.39, 0.29) is 16.7 Å². The van der Waals surface area contributed by atoms with Gasteiger partial charge in [0.1, 0.15) is 5.75 Å². The Morgan fingerprint density at radius 2 is 2.19 bits per heavy atom. The molecular weight excluding hydrogens is 314 g/mol. The van der Waals surface area contributed by atoms with Gasteiger partial charge in [-0.2, -0.15) is 0 Å². The molecule has 0 saturated heterocycles. The number of nitrogens with zero attached hydrogens (tertiary/aromatic N) is 1. The number of rotatable bonds is 4. The third kappa shape index (κ3) is 3.49. The number of benzene rings is 1. The molecule has 0 N–H and O–H groups in total. The molecule has 0 bridgehead atoms. The van der Waals surface area contributed by atoms with Crippen LogP contribution in [0.3, 0.4) is 0 Å². The fraction of sp³-hybridized carbons (Fsp3) is 0.500. The van der Waals surface area contributed by atoms with Crippen molar-refractivity contribution in [2.45, 2.75) is 30.6 Å². The summed E-state index contributed by atoms with van der Waals surface area (Å²) in [4.78, 5) is 14.2. The van der Waals surface area contributed by atoms with Gasteiger partial charge in [0.25, 0.3) is 9.05 Å². The Bertz CT molecular complexity index is 644. The second-order valence-corrected chi connectivity index (χ2v) is 7.65. The predicted octanol–water partition coefficient (Wildman–Crippen LogP) is 2.35. The molecule has 21 heavy (non-hydrogen) atoms. The average molecular weight is 332 g/mol. The minimum Gasteiger partial charge on any atom is -0.493 e. The number of halogens is 1. The second-order valence-electron chi connectivity index (χ2n) is 5.09. The Kier molecular flexibility index (Phi) is 4.78. The maximum atomic E-state index is 12.5. The van der Waals surface area contributed by atoms with Gasteiger partial charge in [-0.25, -0.2) is 8.42 Å². The zero-order chi connectivity index (χ0) is 15.6. The Hall–Kier alpha value is -1.27. The van der Waals surface area contributed by atoms with Crippen LogP contribution in [0.2, 0.25) is 0 Å². The fourth-order valence-corrected chi connectivity index (χ4v) is 3.28. The third-order valence-electron chi connectivity index (χ3n) is 3.54. The van der Waals surface area contributed by atoms with Crippen LogP contribution >= 0.6 is 10.7 Å². The zero-order valence-corrected chi connectivity index (χ0v) is 13.6. The summed E-state index contributed by atoms with van der Waals surface area (Å²) >= 11 is 0. The molecule has 1 atom stereocenters. The molecule has 0 saturated carbocycles. The standard InChI is InChI=1S/C14H18ClNO4S/c1-3-7-16(2)14(17)11-6-8-20-13-5-4-10(9-12(11)13)21(15,18)19/h4-5,9,11H,3,6-8H2,1-2H3. The molecule has 0 radical (unpaired) electrons. The highest BCUT2D eigenvalue weighted by atomic mass is 35.7. The molecular formula is C14H18ClNO4S. The van der Waals surface area contributed by atoms with Crippen molar-refractivity contribution < 1.29 is 17.9 Å². The number of hydrogen-bond donors (Lipinski definition) is 0. The quantitative estimate of drug-likeness (QED) is 0.794. The molecule has 1 aliphatic heterocycles. The van der Waals surface area contributed by atoms with Crippen molar-refractivity contribution in [2.24, 2.45) is 0 Å². The molecule has 0 aliphatic carbocycles. The number of ether oxygens (including phenoxy) is 1. The second kappa shape index (κ2) is 6.23. The Morgan fingerprint density at radius 1 is 1.48 bits per heavy atom. The van der Waals surface area contributed by atoms with E-state index in [2.05, 4.69) is 0 Å². The molecule has 2 rings (SSSR count). The number of fused-ring (bicyclic) bond motifs is 1. The topological polar surface area (TPSA) is 63.7 Å². The first-order valence-corrected chi connectivity index (χ1v) is 9.12. The van der Waals surface area contributed by atoms with Crippen molar-refractivity contribution >= 4 is 25.6 Å². The molecule has 1 aromatic carbocycles. The number of likely N-dealkylation sites (N-methyl/N-ethyl adjacent to an activating group) is 1. The molecule has 0 spiro atoms. The van der Waals surface area contributed by atoms with Crippen molar-refractivity contribution in [2.75, 3.05) is 20.2 Å². The summed E-state index contributed by atoms with van der Waals surface area (Å²) in [6.07, 6.45) is 1.40. The molecule has 0 aromatic heterocycles. The largest absolute Gasteiger partial charge is 0.493 e. The highest BCUT2D eigenvalue weighted by molar-refractivity contribution is 8.13. The fourth-order valence-electron chi connectivity index (χ4n) is 2.49. The van der Waals surface area contributed by atoms with Crippen LogP contribution in [0.5, 0.6) is 5.75 Å². The smallest absolute Gasteiger partial charge is 0.261 e. The van der Waals surface area contributed by atoms with E-state index in [0.717, 1.165) is 6.42 Å². The molecule has 1 aromatic rings. The predicted molar refractivity (Wildman–Crippen MR) is 80.3 cm³/mol. The first-order chi connectivity index (χ1) is 9.84. The van der Waals surface area contributed by atoms with Crippen molar-refractivity contribution in [1.29, 1.82) is 0 Å². The lowest BCUT2D eigenvalue weighted by Crippen LogP contribution is -2.34. The van der Waals surface area contributed by atoms with Crippen LogP contribution in [-0.4, -0.2) is 39.4 Å². The maximum absolute atomic E-state index is 12.5. The van der Waals surface area contributed by atoms with Crippen LogP contribution in [0, 0.1) is 0 Å². The molecule has 1 amide bonds. The van der Waals surface area contributed by atoms with Crippen molar-refractivity contribution in [3.05, 3.63) is 23.8 Å². The molecule has 0 fully saturated rings. The summed E-state index contributed by atoms with van der Waals surface area (Å²) in [6, 6.07) is 4.40. The van der Waals surface area contributed by atoms with E-state index in [1.54, 1.807) is 18.0 Å². The average Bonchev–Trinajstić information content (AvgIpc) is 2.44. The van der Waals surface area contributed by atoms with Gasteiger partial charge in [0.15, 0.2) is 0 Å². The summed E-state index contributed by atoms with van der Waals surface area (Å²) in [5.74, 6) is 0.141. The van der Waals surface area contributed by atoms with Gasteiger partial charge in [-0.15, -0.1) is 0 Å². The molecule has 1 heterocycles. The number of amides is 1. The summed E-state index contributed by atoms with van der Waals surface area (Å²) < 4.78 is 28.4. The SMILES string of the molecule is CCCN(C)C(=O)C1CCOc2ccc(S(=O)(=O)Cl)cc21. The van der Waals surface area contributed by atoms with Crippen LogP contribution in [0.4, 0.5) is 0 Å². The zero-order valence-electron chi connectivity index (χ0n) is 12.0. The summed E-state index contributed by atoms with van der Waals surface area (Å²) in [6.45, 7) is 3.11. The Labute approximate surface area is 129 Å². The van der Waals surface area contributed by atoms with Gasteiger partial charge in [-0.3, -0.25) is 4.79 Å². The highest BCUT2D eigenvalue weighted by Gasteiger charge is 2.30. The van der Waals surface area contributed by atoms with Crippen LogP contribution in [0.25, 0.3) is 0 Å². The minimum absolute atomic E-state index is 0.00985. The van der Waals surface area contributed by atoms with Crippen molar-refractivity contribution in [1.82, 2.24) is 4.90 Å². The minimum atomic E-state index is -3.82. The van der Waals surface area contributed by atoms with Gasteiger partial charge >= 0.3 is 0 Å². The number of carbonyl (C=O) groups is 1. The van der Waals surface area contributed by atoms with Gasteiger partial charge in [-0.1, -0.05) is 6.92 Å². The van der Waals surface area contributed by atoms with Gasteiger partial charge in [0, 0.05) is 29.8 Å². The maximum Gasteiger partial charge on any atom is 0.261 e. The lowest BCUT2D eigenvalue weighted by atomic mass is 9.92. The normalized spacial score (nSPS) is 17.8. The molecule has 1 unspecified atom stereocenters. The van der Waals surface area contributed by atoms with Crippen LogP contribution in [-0.2, 0) is 13.8 Å². The van der Waals surface area contributed by atoms with Gasteiger partial charge in [-0.05, 0) is 31.0 Å². The van der Waals surface area contributed by atoms with Crippen LogP contribution in [0.15, 0.2) is 23.1 Å². The highest BCUT2D eigenvalue weighted by Crippen LogP contribution is 2.36. The molecule has 116 valence electrons. The van der Waals surface area contributed by atoms with Crippen molar-refractivity contribution in [3.8, 4) is 5.75 Å². The number of carbonyl (C=O) groups excluding carboxylic acids is 1. The summed E-state index contributed by atoms with van der Waals surface area (Å²) in [5.41, 5.74) is 0.593. The first kappa shape index (κ1) is 16.1. The lowest BCUT2D eigenvalue weighted by molar-refractivity contribution is -0.132.